The van der Waals surface area contributed by atoms with Gasteiger partial charge in [-0.1, -0.05) is 32.9 Å². The first-order chi connectivity index (χ1) is 8.52. The summed E-state index contributed by atoms with van der Waals surface area (Å²) in [6.07, 6.45) is 2.68. The van der Waals surface area contributed by atoms with Gasteiger partial charge in [-0.2, -0.15) is 0 Å². The molecule has 2 rings (SSSR count). The quantitative estimate of drug-likeness (QED) is 0.809. The van der Waals surface area contributed by atoms with Crippen molar-refractivity contribution >= 4 is 0 Å². The molecule has 1 aliphatic heterocycles. The summed E-state index contributed by atoms with van der Waals surface area (Å²) < 4.78 is 5.56. The number of nitrogens with zero attached hydrogens (tertiary/aromatic N) is 1. The number of benzene rings is 1. The molecule has 0 saturated carbocycles. The Morgan fingerprint density at radius 1 is 1.17 bits per heavy atom. The predicted octanol–water partition coefficient (Wildman–Crippen LogP) is 3.59. The Kier molecular flexibility index (Phi) is 3.96. The van der Waals surface area contributed by atoms with Crippen LogP contribution in [0.15, 0.2) is 18.2 Å². The van der Waals surface area contributed by atoms with E-state index in [2.05, 4.69) is 43.9 Å². The molecule has 1 aromatic rings. The van der Waals surface area contributed by atoms with Crippen molar-refractivity contribution in [2.75, 3.05) is 20.2 Å². The number of ether oxygens (including phenoxy) is 1. The number of rotatable bonds is 3. The Labute approximate surface area is 111 Å². The van der Waals surface area contributed by atoms with Gasteiger partial charge in [0.15, 0.2) is 0 Å². The average Bonchev–Trinajstić information content (AvgIpc) is 2.80. The zero-order valence-electron chi connectivity index (χ0n) is 12.1. The first-order valence-corrected chi connectivity index (χ1v) is 6.91. The van der Waals surface area contributed by atoms with Crippen LogP contribution in [0.2, 0.25) is 0 Å². The standard InChI is InChI=1S/C16H25NO/c1-16(2,3)15-13(8-7-9-14(15)18-4)12-17-10-5-6-11-17/h7-9H,5-6,10-12H2,1-4H3. The van der Waals surface area contributed by atoms with Gasteiger partial charge in [-0.15, -0.1) is 0 Å². The van der Waals surface area contributed by atoms with Crippen LogP contribution in [0.25, 0.3) is 0 Å². The molecule has 1 aliphatic rings. The van der Waals surface area contributed by atoms with Gasteiger partial charge in [-0.05, 0) is 43.0 Å². The van der Waals surface area contributed by atoms with E-state index in [9.17, 15) is 0 Å². The van der Waals surface area contributed by atoms with E-state index in [0.29, 0.717) is 0 Å². The van der Waals surface area contributed by atoms with E-state index in [4.69, 9.17) is 4.74 Å². The van der Waals surface area contributed by atoms with Crippen LogP contribution in [0.5, 0.6) is 5.75 Å². The molecule has 0 unspecified atom stereocenters. The van der Waals surface area contributed by atoms with Crippen molar-refractivity contribution in [1.29, 1.82) is 0 Å². The lowest BCUT2D eigenvalue weighted by atomic mass is 9.83. The van der Waals surface area contributed by atoms with E-state index >= 15 is 0 Å². The molecule has 2 heteroatoms. The Bertz CT molecular complexity index is 400. The van der Waals surface area contributed by atoms with E-state index in [1.807, 2.05) is 0 Å². The Balaban J connectivity index is 2.33. The summed E-state index contributed by atoms with van der Waals surface area (Å²) in [6, 6.07) is 6.44. The highest BCUT2D eigenvalue weighted by Crippen LogP contribution is 2.35. The lowest BCUT2D eigenvalue weighted by Crippen LogP contribution is -2.23. The Morgan fingerprint density at radius 3 is 2.39 bits per heavy atom. The first-order valence-electron chi connectivity index (χ1n) is 6.91. The summed E-state index contributed by atoms with van der Waals surface area (Å²) in [5, 5.41) is 0. The van der Waals surface area contributed by atoms with Gasteiger partial charge >= 0.3 is 0 Å². The van der Waals surface area contributed by atoms with Gasteiger partial charge in [0.1, 0.15) is 5.75 Å². The van der Waals surface area contributed by atoms with Crippen LogP contribution >= 0.6 is 0 Å². The maximum absolute atomic E-state index is 5.56. The van der Waals surface area contributed by atoms with Gasteiger partial charge in [0.25, 0.3) is 0 Å². The van der Waals surface area contributed by atoms with Crippen molar-refractivity contribution in [2.45, 2.75) is 45.6 Å². The molecule has 0 spiro atoms. The second kappa shape index (κ2) is 5.31. The predicted molar refractivity (Wildman–Crippen MR) is 76.2 cm³/mol. The monoisotopic (exact) mass is 247 g/mol. The lowest BCUT2D eigenvalue weighted by Gasteiger charge is -2.27. The lowest BCUT2D eigenvalue weighted by molar-refractivity contribution is 0.325. The summed E-state index contributed by atoms with van der Waals surface area (Å²) >= 11 is 0. The number of hydrogen-bond acceptors (Lipinski definition) is 2. The van der Waals surface area contributed by atoms with Crippen molar-refractivity contribution < 1.29 is 4.74 Å². The summed E-state index contributed by atoms with van der Waals surface area (Å²) in [5.41, 5.74) is 2.91. The molecule has 1 fully saturated rings. The van der Waals surface area contributed by atoms with Gasteiger partial charge in [-0.3, -0.25) is 4.90 Å². The molecule has 0 radical (unpaired) electrons. The largest absolute Gasteiger partial charge is 0.496 e. The maximum Gasteiger partial charge on any atom is 0.122 e. The molecule has 0 N–H and O–H groups in total. The highest BCUT2D eigenvalue weighted by atomic mass is 16.5. The normalized spacial score (nSPS) is 17.1. The molecule has 0 aliphatic carbocycles. The van der Waals surface area contributed by atoms with Gasteiger partial charge in [0, 0.05) is 12.1 Å². The summed E-state index contributed by atoms with van der Waals surface area (Å²) in [4.78, 5) is 2.55. The fourth-order valence-corrected chi connectivity index (χ4v) is 2.91. The molecule has 100 valence electrons. The Morgan fingerprint density at radius 2 is 1.83 bits per heavy atom. The zero-order chi connectivity index (χ0) is 13.2. The third-order valence-electron chi connectivity index (χ3n) is 3.68. The number of likely N-dealkylation sites (tertiary alicyclic amines) is 1. The van der Waals surface area contributed by atoms with E-state index in [1.165, 1.54) is 37.1 Å². The third kappa shape index (κ3) is 2.86. The molecule has 1 saturated heterocycles. The second-order valence-corrected chi connectivity index (χ2v) is 6.23. The minimum Gasteiger partial charge on any atom is -0.496 e. The van der Waals surface area contributed by atoms with E-state index < -0.39 is 0 Å². The number of hydrogen-bond donors (Lipinski definition) is 0. The van der Waals surface area contributed by atoms with Crippen LogP contribution in [-0.2, 0) is 12.0 Å². The van der Waals surface area contributed by atoms with Crippen molar-refractivity contribution in [2.24, 2.45) is 0 Å². The van der Waals surface area contributed by atoms with Crippen LogP contribution in [-0.4, -0.2) is 25.1 Å². The van der Waals surface area contributed by atoms with Crippen LogP contribution in [0.3, 0.4) is 0 Å². The molecule has 0 bridgehead atoms. The molecular formula is C16H25NO. The van der Waals surface area contributed by atoms with E-state index in [1.54, 1.807) is 7.11 Å². The van der Waals surface area contributed by atoms with Crippen LogP contribution in [0, 0.1) is 0 Å². The van der Waals surface area contributed by atoms with Crippen molar-refractivity contribution in [3.8, 4) is 5.75 Å². The molecule has 0 atom stereocenters. The SMILES string of the molecule is COc1cccc(CN2CCCC2)c1C(C)(C)C. The maximum atomic E-state index is 5.56. The van der Waals surface area contributed by atoms with Crippen LogP contribution in [0.4, 0.5) is 0 Å². The Hall–Kier alpha value is -1.02. The van der Waals surface area contributed by atoms with Crippen molar-refractivity contribution in [3.05, 3.63) is 29.3 Å². The molecule has 0 amide bonds. The number of methoxy groups -OCH3 is 1. The fraction of sp³-hybridized carbons (Fsp3) is 0.625. The topological polar surface area (TPSA) is 12.5 Å². The van der Waals surface area contributed by atoms with Gasteiger partial charge in [0.2, 0.25) is 0 Å². The van der Waals surface area contributed by atoms with Crippen LogP contribution in [0.1, 0.15) is 44.7 Å². The second-order valence-electron chi connectivity index (χ2n) is 6.23. The summed E-state index contributed by atoms with van der Waals surface area (Å²) in [5.74, 6) is 1.03. The molecule has 0 aromatic heterocycles. The van der Waals surface area contributed by atoms with E-state index in [0.717, 1.165) is 12.3 Å². The first kappa shape index (κ1) is 13.4. The minimum atomic E-state index is 0.127. The molecular weight excluding hydrogens is 222 g/mol. The fourth-order valence-electron chi connectivity index (χ4n) is 2.91. The molecule has 1 aromatic carbocycles. The highest BCUT2D eigenvalue weighted by Gasteiger charge is 2.24. The smallest absolute Gasteiger partial charge is 0.122 e. The molecule has 1 heterocycles. The van der Waals surface area contributed by atoms with Gasteiger partial charge < -0.3 is 4.74 Å². The van der Waals surface area contributed by atoms with Gasteiger partial charge in [0.05, 0.1) is 7.11 Å². The zero-order valence-corrected chi connectivity index (χ0v) is 12.1. The van der Waals surface area contributed by atoms with Crippen molar-refractivity contribution in [1.82, 2.24) is 4.90 Å². The van der Waals surface area contributed by atoms with Gasteiger partial charge in [-0.25, -0.2) is 0 Å². The summed E-state index contributed by atoms with van der Waals surface area (Å²) in [7, 11) is 1.77. The average molecular weight is 247 g/mol. The molecule has 18 heavy (non-hydrogen) atoms. The van der Waals surface area contributed by atoms with Crippen LogP contribution < -0.4 is 4.74 Å². The molecule has 2 nitrogen and oxygen atoms in total. The minimum absolute atomic E-state index is 0.127. The van der Waals surface area contributed by atoms with Crippen molar-refractivity contribution in [3.63, 3.8) is 0 Å². The highest BCUT2D eigenvalue weighted by molar-refractivity contribution is 5.44. The third-order valence-corrected chi connectivity index (χ3v) is 3.68. The summed E-state index contributed by atoms with van der Waals surface area (Å²) in [6.45, 7) is 10.3. The van der Waals surface area contributed by atoms with E-state index in [-0.39, 0.29) is 5.41 Å².